The Labute approximate surface area is 95.1 Å². The number of guanidine groups is 2. The van der Waals surface area contributed by atoms with Crippen LogP contribution in [-0.4, -0.2) is 48.2 Å². The molecule has 1 heterocycles. The molecule has 1 aliphatic heterocycles. The molecule has 0 aromatic carbocycles. The van der Waals surface area contributed by atoms with Crippen molar-refractivity contribution < 1.29 is 9.90 Å². The fraction of sp³-hybridized carbons (Fsp3) is 0.667. The molecule has 0 aromatic rings. The van der Waals surface area contributed by atoms with Crippen LogP contribution >= 0.6 is 0 Å². The summed E-state index contributed by atoms with van der Waals surface area (Å²) in [4.78, 5) is 19.4. The maximum absolute atomic E-state index is 9.37. The van der Waals surface area contributed by atoms with E-state index in [2.05, 4.69) is 15.3 Å². The summed E-state index contributed by atoms with van der Waals surface area (Å²) in [6.07, 6.45) is 0.147. The Bertz CT molecular complexity index is 298. The third-order valence-corrected chi connectivity index (χ3v) is 1.60. The van der Waals surface area contributed by atoms with E-state index in [1.807, 2.05) is 25.9 Å². The van der Waals surface area contributed by atoms with Crippen molar-refractivity contribution in [3.8, 4) is 0 Å². The number of carboxylic acid groups (broad SMARTS) is 1. The molecule has 0 amide bonds. The van der Waals surface area contributed by atoms with Gasteiger partial charge < -0.3 is 15.7 Å². The van der Waals surface area contributed by atoms with Gasteiger partial charge in [0.15, 0.2) is 5.96 Å². The molecule has 92 valence electrons. The smallest absolute Gasteiger partial charge is 0.303 e. The van der Waals surface area contributed by atoms with Gasteiger partial charge in [-0.3, -0.25) is 10.1 Å². The van der Waals surface area contributed by atoms with Gasteiger partial charge in [0.05, 0.1) is 0 Å². The lowest BCUT2D eigenvalue weighted by molar-refractivity contribution is -0.136. The van der Waals surface area contributed by atoms with Crippen LogP contribution in [0.2, 0.25) is 0 Å². The first-order chi connectivity index (χ1) is 7.36. The summed E-state index contributed by atoms with van der Waals surface area (Å²) in [5.74, 6) is 0.436. The molecule has 0 saturated heterocycles. The van der Waals surface area contributed by atoms with Crippen molar-refractivity contribution in [3.63, 3.8) is 0 Å². The van der Waals surface area contributed by atoms with E-state index >= 15 is 0 Å². The quantitative estimate of drug-likeness (QED) is 0.570. The monoisotopic (exact) mass is 229 g/mol. The SMILES string of the molecule is CCC(=O)O.C[C@@H]1N=C(N)NC(N(C)C)=N1. The molecule has 0 radical (unpaired) electrons. The number of hydrogen-bond acceptors (Lipinski definition) is 6. The van der Waals surface area contributed by atoms with Crippen LogP contribution < -0.4 is 11.1 Å². The highest BCUT2D eigenvalue weighted by atomic mass is 16.4. The molecule has 0 fully saturated rings. The molecule has 7 nitrogen and oxygen atoms in total. The normalized spacial score (nSPS) is 18.4. The van der Waals surface area contributed by atoms with Crippen LogP contribution in [0.1, 0.15) is 20.3 Å². The molecule has 1 atom stereocenters. The molecular formula is C9H19N5O2. The number of nitrogens with two attached hydrogens (primary N) is 1. The lowest BCUT2D eigenvalue weighted by Gasteiger charge is -2.21. The van der Waals surface area contributed by atoms with Crippen molar-refractivity contribution in [2.45, 2.75) is 26.4 Å². The zero-order valence-electron chi connectivity index (χ0n) is 10.1. The summed E-state index contributed by atoms with van der Waals surface area (Å²) >= 11 is 0. The molecule has 1 rings (SSSR count). The molecule has 16 heavy (non-hydrogen) atoms. The predicted octanol–water partition coefficient (Wildman–Crippen LogP) is -0.351. The minimum absolute atomic E-state index is 0.0753. The van der Waals surface area contributed by atoms with E-state index in [0.29, 0.717) is 5.96 Å². The second-order valence-corrected chi connectivity index (χ2v) is 3.37. The van der Waals surface area contributed by atoms with E-state index in [1.165, 1.54) is 0 Å². The number of hydrogen-bond donors (Lipinski definition) is 3. The minimum Gasteiger partial charge on any atom is -0.481 e. The first kappa shape index (κ1) is 14.2. The van der Waals surface area contributed by atoms with Gasteiger partial charge in [0, 0.05) is 20.5 Å². The van der Waals surface area contributed by atoms with Gasteiger partial charge >= 0.3 is 5.97 Å². The van der Waals surface area contributed by atoms with Crippen LogP contribution in [0.15, 0.2) is 9.98 Å². The average molecular weight is 229 g/mol. The fourth-order valence-corrected chi connectivity index (χ4v) is 0.813. The van der Waals surface area contributed by atoms with Crippen molar-refractivity contribution in [2.75, 3.05) is 14.1 Å². The van der Waals surface area contributed by atoms with Crippen molar-refractivity contribution >= 4 is 17.9 Å². The van der Waals surface area contributed by atoms with Gasteiger partial charge in [-0.25, -0.2) is 9.98 Å². The van der Waals surface area contributed by atoms with Crippen LogP contribution in [0, 0.1) is 0 Å². The number of nitrogens with zero attached hydrogens (tertiary/aromatic N) is 3. The van der Waals surface area contributed by atoms with Crippen LogP contribution in [-0.2, 0) is 4.79 Å². The van der Waals surface area contributed by atoms with Crippen LogP contribution in [0.25, 0.3) is 0 Å². The third-order valence-electron chi connectivity index (χ3n) is 1.60. The number of aliphatic carboxylic acids is 1. The van der Waals surface area contributed by atoms with E-state index < -0.39 is 5.97 Å². The predicted molar refractivity (Wildman–Crippen MR) is 63.3 cm³/mol. The molecule has 7 heteroatoms. The Balaban J connectivity index is 0.000000385. The molecule has 0 saturated carbocycles. The van der Waals surface area contributed by atoms with Crippen molar-refractivity contribution in [3.05, 3.63) is 0 Å². The molecule has 0 bridgehead atoms. The Hall–Kier alpha value is -1.79. The largest absolute Gasteiger partial charge is 0.481 e. The zero-order valence-corrected chi connectivity index (χ0v) is 10.1. The summed E-state index contributed by atoms with van der Waals surface area (Å²) in [5.41, 5.74) is 5.48. The lowest BCUT2D eigenvalue weighted by atomic mass is 10.5. The van der Waals surface area contributed by atoms with Crippen molar-refractivity contribution in [1.82, 2.24) is 10.2 Å². The zero-order chi connectivity index (χ0) is 12.7. The van der Waals surface area contributed by atoms with Gasteiger partial charge in [-0.1, -0.05) is 6.92 Å². The van der Waals surface area contributed by atoms with Crippen LogP contribution in [0.5, 0.6) is 0 Å². The molecule has 0 spiro atoms. The Morgan fingerprint density at radius 2 is 2.06 bits per heavy atom. The number of carboxylic acids is 1. The van der Waals surface area contributed by atoms with Gasteiger partial charge in [0.2, 0.25) is 5.96 Å². The second-order valence-electron chi connectivity index (χ2n) is 3.37. The molecule has 1 aliphatic rings. The third kappa shape index (κ3) is 5.84. The van der Waals surface area contributed by atoms with Crippen molar-refractivity contribution in [2.24, 2.45) is 15.7 Å². The van der Waals surface area contributed by atoms with Crippen molar-refractivity contribution in [1.29, 1.82) is 0 Å². The van der Waals surface area contributed by atoms with Gasteiger partial charge in [0.1, 0.15) is 6.17 Å². The molecular weight excluding hydrogens is 210 g/mol. The maximum atomic E-state index is 9.37. The Kier molecular flexibility index (Phi) is 5.91. The highest BCUT2D eigenvalue weighted by Gasteiger charge is 2.11. The summed E-state index contributed by atoms with van der Waals surface area (Å²) in [6.45, 7) is 3.49. The van der Waals surface area contributed by atoms with E-state index in [-0.39, 0.29) is 12.6 Å². The van der Waals surface area contributed by atoms with E-state index in [1.54, 1.807) is 6.92 Å². The lowest BCUT2D eigenvalue weighted by Crippen LogP contribution is -2.47. The molecule has 0 aromatic heterocycles. The van der Waals surface area contributed by atoms with Crippen LogP contribution in [0.4, 0.5) is 0 Å². The number of aliphatic imine (C=N–C) groups is 2. The van der Waals surface area contributed by atoms with E-state index in [0.717, 1.165) is 5.96 Å². The molecule has 0 aliphatic carbocycles. The van der Waals surface area contributed by atoms with Gasteiger partial charge in [-0.05, 0) is 6.92 Å². The summed E-state index contributed by atoms with van der Waals surface area (Å²) in [7, 11) is 3.80. The summed E-state index contributed by atoms with van der Waals surface area (Å²) in [5, 5.41) is 10.6. The second kappa shape index (κ2) is 6.65. The van der Waals surface area contributed by atoms with E-state index in [4.69, 9.17) is 10.8 Å². The topological polar surface area (TPSA) is 103 Å². The molecule has 0 unspecified atom stereocenters. The average Bonchev–Trinajstić information content (AvgIpc) is 2.17. The minimum atomic E-state index is -0.745. The number of rotatable bonds is 1. The fourth-order valence-electron chi connectivity index (χ4n) is 0.813. The summed E-state index contributed by atoms with van der Waals surface area (Å²) in [6, 6.07) is 0. The highest BCUT2D eigenvalue weighted by molar-refractivity contribution is 5.99. The maximum Gasteiger partial charge on any atom is 0.303 e. The molecule has 4 N–H and O–H groups in total. The summed E-state index contributed by atoms with van der Waals surface area (Å²) < 4.78 is 0. The van der Waals surface area contributed by atoms with Gasteiger partial charge in [-0.2, -0.15) is 0 Å². The van der Waals surface area contributed by atoms with Gasteiger partial charge in [-0.15, -0.1) is 0 Å². The van der Waals surface area contributed by atoms with Crippen LogP contribution in [0.3, 0.4) is 0 Å². The first-order valence-electron chi connectivity index (χ1n) is 4.94. The Morgan fingerprint density at radius 3 is 2.38 bits per heavy atom. The highest BCUT2D eigenvalue weighted by Crippen LogP contribution is 1.97. The van der Waals surface area contributed by atoms with Gasteiger partial charge in [0.25, 0.3) is 0 Å². The standard InChI is InChI=1S/C6H13N5.C3H6O2/c1-4-8-5(7)10-6(9-4)11(2)3;1-2-3(4)5/h4H,1-3H3,(H3,7,8,9,10);2H2,1H3,(H,4,5)/t4-;/m1./s1. The first-order valence-corrected chi connectivity index (χ1v) is 4.94. The van der Waals surface area contributed by atoms with E-state index in [9.17, 15) is 4.79 Å². The number of nitrogens with one attached hydrogen (secondary N) is 1. The Morgan fingerprint density at radius 1 is 1.56 bits per heavy atom. The number of carbonyl (C=O) groups is 1.